The smallest absolute Gasteiger partial charge is 0.314 e. The van der Waals surface area contributed by atoms with Crippen LogP contribution in [0, 0.1) is 5.92 Å². The highest BCUT2D eigenvalue weighted by molar-refractivity contribution is 5.78. The van der Waals surface area contributed by atoms with Crippen molar-refractivity contribution < 1.29 is 9.59 Å². The van der Waals surface area contributed by atoms with E-state index in [4.69, 9.17) is 11.5 Å². The maximum atomic E-state index is 10.8. The van der Waals surface area contributed by atoms with Crippen molar-refractivity contribution in [2.45, 2.75) is 12.8 Å². The van der Waals surface area contributed by atoms with Crippen LogP contribution in [0.15, 0.2) is 0 Å². The predicted molar refractivity (Wildman–Crippen MR) is 43.1 cm³/mol. The highest BCUT2D eigenvalue weighted by Crippen LogP contribution is 2.15. The van der Waals surface area contributed by atoms with Crippen molar-refractivity contribution in [3.8, 4) is 0 Å². The molecule has 5 heteroatoms. The van der Waals surface area contributed by atoms with Crippen molar-refractivity contribution >= 4 is 11.9 Å². The van der Waals surface area contributed by atoms with Crippen molar-refractivity contribution in [1.29, 1.82) is 0 Å². The van der Waals surface area contributed by atoms with Crippen molar-refractivity contribution in [3.63, 3.8) is 0 Å². The van der Waals surface area contributed by atoms with Crippen LogP contribution in [0.2, 0.25) is 0 Å². The molecular formula is C7H13N3O2. The molecule has 0 aromatic rings. The Morgan fingerprint density at radius 3 is 2.50 bits per heavy atom. The normalized spacial score (nSPS) is 23.7. The number of carbonyl (C=O) groups is 2. The lowest BCUT2D eigenvalue weighted by atomic mass is 9.98. The van der Waals surface area contributed by atoms with Crippen LogP contribution in [0.1, 0.15) is 12.8 Å². The Balaban J connectivity index is 2.51. The second-order valence-electron chi connectivity index (χ2n) is 3.03. The summed E-state index contributed by atoms with van der Waals surface area (Å²) in [6, 6.07) is -0.471. The highest BCUT2D eigenvalue weighted by atomic mass is 16.2. The molecule has 1 fully saturated rings. The standard InChI is InChI=1S/C7H13N3O2/c8-6(11)5-2-1-3-10(4-5)7(9)12/h5H,1-4H2,(H2,8,11)(H2,9,12)/t5-/m0/s1. The van der Waals surface area contributed by atoms with Crippen LogP contribution < -0.4 is 11.5 Å². The van der Waals surface area contributed by atoms with E-state index >= 15 is 0 Å². The van der Waals surface area contributed by atoms with E-state index in [0.717, 1.165) is 12.8 Å². The Hall–Kier alpha value is -1.26. The number of carbonyl (C=O) groups excluding carboxylic acids is 2. The van der Waals surface area contributed by atoms with Crippen molar-refractivity contribution in [3.05, 3.63) is 0 Å². The summed E-state index contributed by atoms with van der Waals surface area (Å²) in [6.07, 6.45) is 1.57. The third-order valence-electron chi connectivity index (χ3n) is 2.14. The fraction of sp³-hybridized carbons (Fsp3) is 0.714. The lowest BCUT2D eigenvalue weighted by Crippen LogP contribution is -2.46. The third kappa shape index (κ3) is 1.87. The fourth-order valence-corrected chi connectivity index (χ4v) is 1.41. The van der Waals surface area contributed by atoms with E-state index in [9.17, 15) is 9.59 Å². The first-order chi connectivity index (χ1) is 5.61. The first-order valence-corrected chi connectivity index (χ1v) is 3.95. The van der Waals surface area contributed by atoms with Gasteiger partial charge in [-0.25, -0.2) is 4.79 Å². The molecule has 0 unspecified atom stereocenters. The predicted octanol–water partition coefficient (Wildman–Crippen LogP) is -0.738. The molecule has 1 heterocycles. The van der Waals surface area contributed by atoms with Gasteiger partial charge in [0.25, 0.3) is 0 Å². The quantitative estimate of drug-likeness (QED) is 0.544. The number of rotatable bonds is 1. The van der Waals surface area contributed by atoms with Gasteiger partial charge in [0.2, 0.25) is 5.91 Å². The zero-order valence-electron chi connectivity index (χ0n) is 6.82. The van der Waals surface area contributed by atoms with Crippen LogP contribution in [0.4, 0.5) is 4.79 Å². The molecule has 0 radical (unpaired) electrons. The maximum absolute atomic E-state index is 10.8. The van der Waals surface area contributed by atoms with Gasteiger partial charge in [-0.2, -0.15) is 0 Å². The molecule has 4 N–H and O–H groups in total. The van der Waals surface area contributed by atoms with Gasteiger partial charge in [-0.3, -0.25) is 4.79 Å². The van der Waals surface area contributed by atoms with Gasteiger partial charge in [-0.1, -0.05) is 0 Å². The largest absolute Gasteiger partial charge is 0.369 e. The van der Waals surface area contributed by atoms with Crippen LogP contribution in [0.25, 0.3) is 0 Å². The number of amides is 3. The zero-order chi connectivity index (χ0) is 9.14. The topological polar surface area (TPSA) is 89.4 Å². The van der Waals surface area contributed by atoms with Gasteiger partial charge < -0.3 is 16.4 Å². The summed E-state index contributed by atoms with van der Waals surface area (Å²) in [4.78, 5) is 22.9. The number of hydrogen-bond donors (Lipinski definition) is 2. The molecule has 0 aromatic heterocycles. The van der Waals surface area contributed by atoms with Gasteiger partial charge in [0.1, 0.15) is 0 Å². The summed E-state index contributed by atoms with van der Waals surface area (Å²) in [7, 11) is 0. The van der Waals surface area contributed by atoms with E-state index in [2.05, 4.69) is 0 Å². The summed E-state index contributed by atoms with van der Waals surface area (Å²) in [5.41, 5.74) is 10.2. The van der Waals surface area contributed by atoms with Gasteiger partial charge >= 0.3 is 6.03 Å². The molecule has 1 rings (SSSR count). The Labute approximate surface area is 70.7 Å². The van der Waals surface area contributed by atoms with E-state index in [0.29, 0.717) is 13.1 Å². The summed E-state index contributed by atoms with van der Waals surface area (Å²) in [5, 5.41) is 0. The zero-order valence-corrected chi connectivity index (χ0v) is 6.82. The molecule has 0 aliphatic carbocycles. The van der Waals surface area contributed by atoms with Gasteiger partial charge in [-0.05, 0) is 12.8 Å². The van der Waals surface area contributed by atoms with Crippen LogP contribution in [0.5, 0.6) is 0 Å². The highest BCUT2D eigenvalue weighted by Gasteiger charge is 2.25. The molecule has 1 aliphatic heterocycles. The number of hydrogen-bond acceptors (Lipinski definition) is 2. The molecule has 1 aliphatic rings. The van der Waals surface area contributed by atoms with Crippen molar-refractivity contribution in [2.24, 2.45) is 17.4 Å². The number of nitrogens with zero attached hydrogens (tertiary/aromatic N) is 1. The lowest BCUT2D eigenvalue weighted by molar-refractivity contribution is -0.123. The summed E-state index contributed by atoms with van der Waals surface area (Å²) in [5.74, 6) is -0.563. The first kappa shape index (κ1) is 8.83. The van der Waals surface area contributed by atoms with Gasteiger partial charge in [0.05, 0.1) is 5.92 Å². The van der Waals surface area contributed by atoms with E-state index in [-0.39, 0.29) is 11.8 Å². The Bertz CT molecular complexity index is 185. The molecule has 12 heavy (non-hydrogen) atoms. The van der Waals surface area contributed by atoms with Crippen LogP contribution in [-0.2, 0) is 4.79 Å². The molecule has 68 valence electrons. The monoisotopic (exact) mass is 171 g/mol. The Morgan fingerprint density at radius 2 is 2.00 bits per heavy atom. The molecule has 1 saturated heterocycles. The van der Waals surface area contributed by atoms with Crippen molar-refractivity contribution in [1.82, 2.24) is 4.90 Å². The SMILES string of the molecule is NC(=O)[C@H]1CCCN(C(N)=O)C1. The minimum Gasteiger partial charge on any atom is -0.369 e. The number of urea groups is 1. The van der Waals surface area contributed by atoms with E-state index in [1.807, 2.05) is 0 Å². The molecule has 0 bridgehead atoms. The minimum absolute atomic E-state index is 0.216. The minimum atomic E-state index is -0.471. The van der Waals surface area contributed by atoms with Gasteiger partial charge in [0, 0.05) is 13.1 Å². The second kappa shape index (κ2) is 3.42. The van der Waals surface area contributed by atoms with Crippen LogP contribution in [-0.4, -0.2) is 29.9 Å². The average Bonchev–Trinajstić information content (AvgIpc) is 2.04. The van der Waals surface area contributed by atoms with E-state index in [1.54, 1.807) is 0 Å². The number of likely N-dealkylation sites (tertiary alicyclic amines) is 1. The van der Waals surface area contributed by atoms with Gasteiger partial charge in [0.15, 0.2) is 0 Å². The number of nitrogens with two attached hydrogens (primary N) is 2. The molecule has 0 saturated carbocycles. The van der Waals surface area contributed by atoms with E-state index < -0.39 is 6.03 Å². The fourth-order valence-electron chi connectivity index (χ4n) is 1.41. The number of primary amides is 2. The van der Waals surface area contributed by atoms with Gasteiger partial charge in [-0.15, -0.1) is 0 Å². The summed E-state index contributed by atoms with van der Waals surface area (Å²) < 4.78 is 0. The Morgan fingerprint density at radius 1 is 1.33 bits per heavy atom. The molecule has 3 amide bonds. The number of piperidine rings is 1. The molecule has 1 atom stereocenters. The molecule has 5 nitrogen and oxygen atoms in total. The lowest BCUT2D eigenvalue weighted by Gasteiger charge is -2.29. The second-order valence-corrected chi connectivity index (χ2v) is 3.03. The Kier molecular flexibility index (Phi) is 2.52. The third-order valence-corrected chi connectivity index (χ3v) is 2.14. The van der Waals surface area contributed by atoms with Crippen LogP contribution in [0.3, 0.4) is 0 Å². The summed E-state index contributed by atoms with van der Waals surface area (Å²) in [6.45, 7) is 1.02. The molecule has 0 aromatic carbocycles. The van der Waals surface area contributed by atoms with E-state index in [1.165, 1.54) is 4.90 Å². The van der Waals surface area contributed by atoms with Crippen LogP contribution >= 0.6 is 0 Å². The summed E-state index contributed by atoms with van der Waals surface area (Å²) >= 11 is 0. The average molecular weight is 171 g/mol. The molecule has 0 spiro atoms. The molecular weight excluding hydrogens is 158 g/mol. The maximum Gasteiger partial charge on any atom is 0.314 e. The first-order valence-electron chi connectivity index (χ1n) is 3.95. The van der Waals surface area contributed by atoms with Crippen molar-refractivity contribution in [2.75, 3.05) is 13.1 Å².